The van der Waals surface area contributed by atoms with Gasteiger partial charge in [-0.2, -0.15) is 0 Å². The van der Waals surface area contributed by atoms with Crippen molar-refractivity contribution >= 4 is 11.8 Å². The molecule has 0 saturated carbocycles. The first-order chi connectivity index (χ1) is 15.6. The molecule has 2 amide bonds. The number of rotatable bonds is 6. The lowest BCUT2D eigenvalue weighted by Crippen LogP contribution is -2.48. The smallest absolute Gasteiger partial charge is 0.256 e. The zero-order valence-electron chi connectivity index (χ0n) is 18.6. The van der Waals surface area contributed by atoms with E-state index in [9.17, 15) is 14.0 Å². The lowest BCUT2D eigenvalue weighted by Gasteiger charge is -2.36. The van der Waals surface area contributed by atoms with E-state index in [1.165, 1.54) is 11.6 Å². The molecule has 5 nitrogen and oxygen atoms in total. The maximum absolute atomic E-state index is 14.0. The SMILES string of the molecule is O=C(CCC1CCCN(C(=O)c2ccccc2F)C1)N1CCN(Cc2ccccc2)CC1. The molecule has 2 aliphatic heterocycles. The quantitative estimate of drug-likeness (QED) is 0.691. The van der Waals surface area contributed by atoms with E-state index in [1.807, 2.05) is 11.0 Å². The van der Waals surface area contributed by atoms with E-state index in [0.29, 0.717) is 25.4 Å². The molecule has 0 aromatic heterocycles. The Morgan fingerprint density at radius 2 is 1.59 bits per heavy atom. The standard InChI is InChI=1S/C26H32FN3O2/c27-24-11-5-4-10-23(24)26(32)30-14-6-9-22(20-30)12-13-25(31)29-17-15-28(16-18-29)19-21-7-2-1-3-8-21/h1-5,7-8,10-11,22H,6,9,12-20H2. The van der Waals surface area contributed by atoms with E-state index in [0.717, 1.165) is 52.0 Å². The third-order valence-corrected chi connectivity index (χ3v) is 6.65. The average molecular weight is 438 g/mol. The van der Waals surface area contributed by atoms with Crippen molar-refractivity contribution < 1.29 is 14.0 Å². The molecule has 0 radical (unpaired) electrons. The summed E-state index contributed by atoms with van der Waals surface area (Å²) in [6.07, 6.45) is 3.21. The predicted octanol–water partition coefficient (Wildman–Crippen LogP) is 3.80. The number of hydrogen-bond donors (Lipinski definition) is 0. The van der Waals surface area contributed by atoms with Gasteiger partial charge in [-0.05, 0) is 42.9 Å². The lowest BCUT2D eigenvalue weighted by atomic mass is 9.92. The van der Waals surface area contributed by atoms with Crippen LogP contribution < -0.4 is 0 Å². The van der Waals surface area contributed by atoms with E-state index in [-0.39, 0.29) is 17.4 Å². The van der Waals surface area contributed by atoms with Gasteiger partial charge in [-0.3, -0.25) is 14.5 Å². The molecule has 6 heteroatoms. The van der Waals surface area contributed by atoms with E-state index in [4.69, 9.17) is 0 Å². The number of halogens is 1. The van der Waals surface area contributed by atoms with Gasteiger partial charge < -0.3 is 9.80 Å². The summed E-state index contributed by atoms with van der Waals surface area (Å²) in [5.41, 5.74) is 1.44. The Balaban J connectivity index is 1.21. The molecule has 0 spiro atoms. The molecule has 0 aliphatic carbocycles. The highest BCUT2D eigenvalue weighted by Gasteiger charge is 2.27. The molecular formula is C26H32FN3O2. The zero-order valence-corrected chi connectivity index (χ0v) is 18.6. The van der Waals surface area contributed by atoms with Crippen molar-refractivity contribution in [2.24, 2.45) is 5.92 Å². The molecule has 2 aliphatic rings. The van der Waals surface area contributed by atoms with Crippen molar-refractivity contribution in [1.82, 2.24) is 14.7 Å². The van der Waals surface area contributed by atoms with Crippen LogP contribution in [-0.4, -0.2) is 65.8 Å². The van der Waals surface area contributed by atoms with Crippen LogP contribution in [0.5, 0.6) is 0 Å². The van der Waals surface area contributed by atoms with Gasteiger partial charge in [0.1, 0.15) is 5.82 Å². The van der Waals surface area contributed by atoms with Crippen molar-refractivity contribution in [2.45, 2.75) is 32.2 Å². The van der Waals surface area contributed by atoms with E-state index >= 15 is 0 Å². The highest BCUT2D eigenvalue weighted by Crippen LogP contribution is 2.24. The van der Waals surface area contributed by atoms with Crippen LogP contribution in [0.1, 0.15) is 41.6 Å². The minimum absolute atomic E-state index is 0.137. The Labute approximate surface area is 189 Å². The first-order valence-corrected chi connectivity index (χ1v) is 11.7. The Morgan fingerprint density at radius 1 is 0.875 bits per heavy atom. The molecule has 1 unspecified atom stereocenters. The topological polar surface area (TPSA) is 43.9 Å². The van der Waals surface area contributed by atoms with Gasteiger partial charge in [-0.1, -0.05) is 42.5 Å². The fourth-order valence-corrected chi connectivity index (χ4v) is 4.77. The summed E-state index contributed by atoms with van der Waals surface area (Å²) >= 11 is 0. The summed E-state index contributed by atoms with van der Waals surface area (Å²) in [7, 11) is 0. The van der Waals surface area contributed by atoms with E-state index < -0.39 is 5.82 Å². The monoisotopic (exact) mass is 437 g/mol. The van der Waals surface area contributed by atoms with Crippen molar-refractivity contribution in [1.29, 1.82) is 0 Å². The number of piperidine rings is 1. The number of likely N-dealkylation sites (tertiary alicyclic amines) is 1. The second-order valence-corrected chi connectivity index (χ2v) is 8.92. The van der Waals surface area contributed by atoms with Gasteiger partial charge in [0.25, 0.3) is 5.91 Å². The number of hydrogen-bond acceptors (Lipinski definition) is 3. The van der Waals surface area contributed by atoms with Crippen LogP contribution in [0.15, 0.2) is 54.6 Å². The molecule has 170 valence electrons. The van der Waals surface area contributed by atoms with E-state index in [1.54, 1.807) is 23.1 Å². The third-order valence-electron chi connectivity index (χ3n) is 6.65. The van der Waals surface area contributed by atoms with Crippen molar-refractivity contribution in [2.75, 3.05) is 39.3 Å². The van der Waals surface area contributed by atoms with Crippen LogP contribution in [0.2, 0.25) is 0 Å². The van der Waals surface area contributed by atoms with Gasteiger partial charge in [-0.25, -0.2) is 4.39 Å². The van der Waals surface area contributed by atoms with Crippen LogP contribution in [0.25, 0.3) is 0 Å². The van der Waals surface area contributed by atoms with Gasteiger partial charge in [0, 0.05) is 52.2 Å². The van der Waals surface area contributed by atoms with Gasteiger partial charge >= 0.3 is 0 Å². The van der Waals surface area contributed by atoms with Crippen LogP contribution in [-0.2, 0) is 11.3 Å². The second-order valence-electron chi connectivity index (χ2n) is 8.92. The molecule has 2 heterocycles. The third kappa shape index (κ3) is 5.74. The predicted molar refractivity (Wildman–Crippen MR) is 123 cm³/mol. The molecule has 2 aromatic carbocycles. The Bertz CT molecular complexity index is 912. The van der Waals surface area contributed by atoms with Crippen LogP contribution in [0, 0.1) is 11.7 Å². The maximum atomic E-state index is 14.0. The van der Waals surface area contributed by atoms with Gasteiger partial charge in [0.2, 0.25) is 5.91 Å². The number of carbonyl (C=O) groups is 2. The minimum atomic E-state index is -0.471. The fourth-order valence-electron chi connectivity index (χ4n) is 4.77. The molecule has 1 atom stereocenters. The number of amides is 2. The summed E-state index contributed by atoms with van der Waals surface area (Å²) < 4.78 is 14.0. The minimum Gasteiger partial charge on any atom is -0.340 e. The Morgan fingerprint density at radius 3 is 2.34 bits per heavy atom. The largest absolute Gasteiger partial charge is 0.340 e. The summed E-state index contributed by atoms with van der Waals surface area (Å²) in [6, 6.07) is 16.6. The number of nitrogens with zero attached hydrogens (tertiary/aromatic N) is 3. The van der Waals surface area contributed by atoms with Gasteiger partial charge in [0.15, 0.2) is 0 Å². The summed E-state index contributed by atoms with van der Waals surface area (Å²) in [5, 5.41) is 0. The molecule has 2 saturated heterocycles. The second kappa shape index (κ2) is 10.7. The molecule has 2 aromatic rings. The number of benzene rings is 2. The number of piperazine rings is 1. The molecule has 32 heavy (non-hydrogen) atoms. The maximum Gasteiger partial charge on any atom is 0.256 e. The highest BCUT2D eigenvalue weighted by atomic mass is 19.1. The van der Waals surface area contributed by atoms with Crippen LogP contribution in [0.4, 0.5) is 4.39 Å². The van der Waals surface area contributed by atoms with Gasteiger partial charge in [0.05, 0.1) is 5.56 Å². The van der Waals surface area contributed by atoms with Crippen molar-refractivity contribution in [3.8, 4) is 0 Å². The normalized spacial score (nSPS) is 19.7. The highest BCUT2D eigenvalue weighted by molar-refractivity contribution is 5.94. The Hall–Kier alpha value is -2.73. The Kier molecular flexibility index (Phi) is 7.53. The molecular weight excluding hydrogens is 405 g/mol. The molecule has 4 rings (SSSR count). The average Bonchev–Trinajstić information content (AvgIpc) is 2.84. The summed E-state index contributed by atoms with van der Waals surface area (Å²) in [4.78, 5) is 31.6. The molecule has 0 bridgehead atoms. The van der Waals surface area contributed by atoms with Gasteiger partial charge in [-0.15, -0.1) is 0 Å². The van der Waals surface area contributed by atoms with Crippen molar-refractivity contribution in [3.63, 3.8) is 0 Å². The summed E-state index contributed by atoms with van der Waals surface area (Å²) in [6.45, 7) is 5.52. The fraction of sp³-hybridized carbons (Fsp3) is 0.462. The summed E-state index contributed by atoms with van der Waals surface area (Å²) in [5.74, 6) is -0.209. The van der Waals surface area contributed by atoms with Crippen LogP contribution in [0.3, 0.4) is 0 Å². The van der Waals surface area contributed by atoms with E-state index in [2.05, 4.69) is 29.2 Å². The lowest BCUT2D eigenvalue weighted by molar-refractivity contribution is -0.133. The first kappa shape index (κ1) is 22.5. The molecule has 2 fully saturated rings. The zero-order chi connectivity index (χ0) is 22.3. The van der Waals surface area contributed by atoms with Crippen LogP contribution >= 0.6 is 0 Å². The first-order valence-electron chi connectivity index (χ1n) is 11.7. The number of carbonyl (C=O) groups excluding carboxylic acids is 2. The molecule has 0 N–H and O–H groups in total. The van der Waals surface area contributed by atoms with Crippen molar-refractivity contribution in [3.05, 3.63) is 71.5 Å².